The van der Waals surface area contributed by atoms with Crippen molar-refractivity contribution in [2.24, 2.45) is 13.0 Å². The molecule has 2 aromatic carbocycles. The van der Waals surface area contributed by atoms with E-state index < -0.39 is 11.9 Å². The van der Waals surface area contributed by atoms with Crippen molar-refractivity contribution in [2.75, 3.05) is 74.9 Å². The molecule has 3 aromatic heterocycles. The van der Waals surface area contributed by atoms with E-state index in [-0.39, 0.29) is 47.4 Å². The van der Waals surface area contributed by atoms with Crippen molar-refractivity contribution in [3.63, 3.8) is 0 Å². The number of piperazine rings is 1. The second-order valence-electron chi connectivity index (χ2n) is 17.8. The summed E-state index contributed by atoms with van der Waals surface area (Å²) in [5.74, 6) is -0.418. The van der Waals surface area contributed by atoms with Crippen LogP contribution in [0.2, 0.25) is 0 Å². The first-order chi connectivity index (χ1) is 30.5. The molecule has 3 amide bonds. The van der Waals surface area contributed by atoms with E-state index in [1.165, 1.54) is 23.9 Å². The molecular weight excluding hydrogens is 803 g/mol. The number of carbonyl (C=O) groups excluding carboxylic acids is 3. The Kier molecular flexibility index (Phi) is 12.1. The largest absolute Gasteiger partial charge is 0.397 e. The number of nitrogens with one attached hydrogen (secondary N) is 2. The standard InChI is InChI=1S/C48H56F2N10O3/c1-30(43-27-38-37(11-16-52-46(38)56(43)2)45-40(50)25-35(51)28-53-45)58-19-14-33(15-20-58)32-3-5-34(6-4-32)48(63)60-17-12-31(13-18-60)29-57-21-23-59(24-22-57)42-9-7-36(26-39(42)49)54-41-8-10-44(61)55-47(41)62/h3-7,9,11,16,25-28,30-31,33,41,54H,8,10,12-15,17-24,29,51H2,1-2H3,(H,55,61,62)/t30-,41?/m0/s1. The number of rotatable bonds is 10. The van der Waals surface area contributed by atoms with E-state index in [1.54, 1.807) is 24.4 Å². The zero-order valence-electron chi connectivity index (χ0n) is 36.0. The number of likely N-dealkylation sites (tertiary alicyclic amines) is 2. The van der Waals surface area contributed by atoms with Crippen LogP contribution in [-0.2, 0) is 16.6 Å². The van der Waals surface area contributed by atoms with Crippen molar-refractivity contribution in [3.05, 3.63) is 102 Å². The van der Waals surface area contributed by atoms with Gasteiger partial charge in [0.05, 0.1) is 17.6 Å². The van der Waals surface area contributed by atoms with E-state index in [1.807, 2.05) is 24.1 Å². The average molecular weight is 859 g/mol. The summed E-state index contributed by atoms with van der Waals surface area (Å²) < 4.78 is 32.2. The number of pyridine rings is 2. The molecule has 0 saturated carbocycles. The lowest BCUT2D eigenvalue weighted by atomic mass is 9.88. The number of aryl methyl sites for hydroxylation is 1. The molecule has 15 heteroatoms. The highest BCUT2D eigenvalue weighted by molar-refractivity contribution is 6.01. The number of carbonyl (C=O) groups is 3. The maximum absolute atomic E-state index is 15.2. The number of hydrogen-bond donors (Lipinski definition) is 3. The third-order valence-corrected chi connectivity index (χ3v) is 13.9. The highest BCUT2D eigenvalue weighted by Gasteiger charge is 2.31. The second-order valence-corrected chi connectivity index (χ2v) is 17.8. The van der Waals surface area contributed by atoms with Crippen LogP contribution in [0.15, 0.2) is 73.1 Å². The summed E-state index contributed by atoms with van der Waals surface area (Å²) >= 11 is 0. The zero-order valence-corrected chi connectivity index (χ0v) is 36.0. The van der Waals surface area contributed by atoms with Gasteiger partial charge in [0.1, 0.15) is 23.2 Å². The Labute approximate surface area is 366 Å². The van der Waals surface area contributed by atoms with Crippen LogP contribution >= 0.6 is 0 Å². The molecule has 0 bridgehead atoms. The molecule has 2 atom stereocenters. The molecule has 0 aliphatic carbocycles. The Bertz CT molecular complexity index is 2490. The number of nitrogens with two attached hydrogens (primary N) is 1. The lowest BCUT2D eigenvalue weighted by Crippen LogP contribution is -2.49. The van der Waals surface area contributed by atoms with Gasteiger partial charge in [-0.2, -0.15) is 0 Å². The first-order valence-corrected chi connectivity index (χ1v) is 22.3. The number of hydrogen-bond acceptors (Lipinski definition) is 10. The third-order valence-electron chi connectivity index (χ3n) is 13.9. The lowest BCUT2D eigenvalue weighted by molar-refractivity contribution is -0.133. The zero-order chi connectivity index (χ0) is 43.8. The van der Waals surface area contributed by atoms with E-state index in [2.05, 4.69) is 65.0 Å². The van der Waals surface area contributed by atoms with Crippen molar-refractivity contribution in [2.45, 2.75) is 63.5 Å². The van der Waals surface area contributed by atoms with Crippen LogP contribution < -0.4 is 21.3 Å². The molecule has 4 saturated heterocycles. The molecular formula is C48H56F2N10O3. The molecule has 0 spiro atoms. The Morgan fingerprint density at radius 2 is 1.62 bits per heavy atom. The van der Waals surface area contributed by atoms with Crippen molar-refractivity contribution >= 4 is 45.8 Å². The van der Waals surface area contributed by atoms with Crippen LogP contribution in [0, 0.1) is 17.6 Å². The van der Waals surface area contributed by atoms with Gasteiger partial charge in [0.25, 0.3) is 5.91 Å². The number of imide groups is 1. The Hall–Kier alpha value is -5.93. The number of amides is 3. The fourth-order valence-electron chi connectivity index (χ4n) is 10.1. The topological polar surface area (TPSA) is 145 Å². The normalized spacial score (nSPS) is 20.3. The van der Waals surface area contributed by atoms with Gasteiger partial charge >= 0.3 is 0 Å². The van der Waals surface area contributed by atoms with E-state index in [0.29, 0.717) is 35.2 Å². The average Bonchev–Trinajstić information content (AvgIpc) is 3.64. The summed E-state index contributed by atoms with van der Waals surface area (Å²) in [5.41, 5.74) is 12.0. The predicted octanol–water partition coefficient (Wildman–Crippen LogP) is 6.33. The number of piperidine rings is 3. The molecule has 4 fully saturated rings. The monoisotopic (exact) mass is 858 g/mol. The minimum absolute atomic E-state index is 0.0973. The summed E-state index contributed by atoms with van der Waals surface area (Å²) in [6.45, 7) is 9.70. The molecule has 5 aromatic rings. The smallest absolute Gasteiger partial charge is 0.253 e. The SMILES string of the molecule is C[C@@H](c1cc2c(-c3ncc(N)cc3F)ccnc2n1C)N1CCC(c2ccc(C(=O)N3CCC(CN4CCN(c5ccc(NC6CCC(=O)NC6=O)cc5F)CC4)CC3)cc2)CC1. The van der Waals surface area contributed by atoms with Crippen LogP contribution in [0.3, 0.4) is 0 Å². The number of fused-ring (bicyclic) bond motifs is 1. The van der Waals surface area contributed by atoms with Gasteiger partial charge < -0.3 is 25.4 Å². The first-order valence-electron chi connectivity index (χ1n) is 22.3. The van der Waals surface area contributed by atoms with Crippen molar-refractivity contribution in [1.29, 1.82) is 0 Å². The molecule has 0 radical (unpaired) electrons. The molecule has 4 aliphatic rings. The summed E-state index contributed by atoms with van der Waals surface area (Å²) in [5, 5.41) is 6.25. The number of aromatic nitrogens is 3. The molecule has 330 valence electrons. The molecule has 13 nitrogen and oxygen atoms in total. The number of benzene rings is 2. The number of nitrogens with zero attached hydrogens (tertiary/aromatic N) is 7. The predicted molar refractivity (Wildman–Crippen MR) is 240 cm³/mol. The lowest BCUT2D eigenvalue weighted by Gasteiger charge is -2.39. The fourth-order valence-corrected chi connectivity index (χ4v) is 10.1. The Morgan fingerprint density at radius 1 is 0.873 bits per heavy atom. The number of anilines is 3. The Morgan fingerprint density at radius 3 is 2.32 bits per heavy atom. The van der Waals surface area contributed by atoms with Crippen LogP contribution in [-0.4, -0.2) is 112 Å². The van der Waals surface area contributed by atoms with Crippen molar-refractivity contribution < 1.29 is 23.2 Å². The highest BCUT2D eigenvalue weighted by atomic mass is 19.1. The fraction of sp³-hybridized carbons (Fsp3) is 0.438. The molecule has 9 rings (SSSR count). The molecule has 7 heterocycles. The number of nitrogen functional groups attached to an aromatic ring is 1. The van der Waals surface area contributed by atoms with Gasteiger partial charge in [-0.1, -0.05) is 12.1 Å². The minimum atomic E-state index is -0.556. The van der Waals surface area contributed by atoms with Crippen molar-refractivity contribution in [1.82, 2.24) is 34.6 Å². The number of halogens is 2. The molecule has 1 unspecified atom stereocenters. The van der Waals surface area contributed by atoms with E-state index in [4.69, 9.17) is 5.73 Å². The maximum Gasteiger partial charge on any atom is 0.253 e. The van der Waals surface area contributed by atoms with Crippen LogP contribution in [0.1, 0.15) is 79.0 Å². The van der Waals surface area contributed by atoms with Gasteiger partial charge in [0.2, 0.25) is 11.8 Å². The Balaban J connectivity index is 0.720. The second kappa shape index (κ2) is 18.0. The van der Waals surface area contributed by atoms with E-state index in [0.717, 1.165) is 107 Å². The summed E-state index contributed by atoms with van der Waals surface area (Å²) in [6.07, 6.45) is 7.79. The van der Waals surface area contributed by atoms with Crippen LogP contribution in [0.5, 0.6) is 0 Å². The highest BCUT2D eigenvalue weighted by Crippen LogP contribution is 2.37. The van der Waals surface area contributed by atoms with Crippen LogP contribution in [0.25, 0.3) is 22.3 Å². The van der Waals surface area contributed by atoms with Gasteiger partial charge in [-0.15, -0.1) is 0 Å². The van der Waals surface area contributed by atoms with Gasteiger partial charge in [0.15, 0.2) is 5.82 Å². The minimum Gasteiger partial charge on any atom is -0.397 e. The maximum atomic E-state index is 15.2. The summed E-state index contributed by atoms with van der Waals surface area (Å²) in [6, 6.07) is 18.1. The van der Waals surface area contributed by atoms with E-state index >= 15 is 4.39 Å². The van der Waals surface area contributed by atoms with Crippen molar-refractivity contribution in [3.8, 4) is 11.3 Å². The van der Waals surface area contributed by atoms with Gasteiger partial charge in [0, 0.05) is 105 Å². The molecule has 4 N–H and O–H groups in total. The molecule has 63 heavy (non-hydrogen) atoms. The van der Waals surface area contributed by atoms with Gasteiger partial charge in [-0.3, -0.25) is 34.5 Å². The van der Waals surface area contributed by atoms with Gasteiger partial charge in [-0.05, 0) is 112 Å². The molecule has 4 aliphatic heterocycles. The first kappa shape index (κ1) is 42.4. The third kappa shape index (κ3) is 8.99. The summed E-state index contributed by atoms with van der Waals surface area (Å²) in [4.78, 5) is 55.2. The van der Waals surface area contributed by atoms with Gasteiger partial charge in [-0.25, -0.2) is 13.8 Å². The van der Waals surface area contributed by atoms with E-state index in [9.17, 15) is 18.8 Å². The summed E-state index contributed by atoms with van der Waals surface area (Å²) in [7, 11) is 2.02. The quantitative estimate of drug-likeness (QED) is 0.136. The van der Waals surface area contributed by atoms with Crippen LogP contribution in [0.4, 0.5) is 25.8 Å².